The minimum Gasteiger partial charge on any atom is -0.406 e. The molecule has 0 fully saturated rings. The molecular formula is C5H15NOSSi. The maximum atomic E-state index is 5.65. The second-order valence-corrected chi connectivity index (χ2v) is 4.29. The molecule has 0 aliphatic carbocycles. The summed E-state index contributed by atoms with van der Waals surface area (Å²) in [7, 11) is -1.27. The van der Waals surface area contributed by atoms with Gasteiger partial charge in [0.1, 0.15) is 0 Å². The van der Waals surface area contributed by atoms with Crippen LogP contribution in [0, 0.1) is 0 Å². The van der Waals surface area contributed by atoms with Crippen molar-refractivity contribution in [1.29, 1.82) is 0 Å². The van der Waals surface area contributed by atoms with E-state index in [0.717, 1.165) is 24.8 Å². The normalized spacial score (nSPS) is 13.7. The predicted octanol–water partition coefficient (Wildman–Crippen LogP) is 0.522. The average Bonchev–Trinajstić information content (AvgIpc) is 1.85. The van der Waals surface area contributed by atoms with Gasteiger partial charge in [-0.05, 0) is 25.1 Å². The molecule has 0 spiro atoms. The second-order valence-electron chi connectivity index (χ2n) is 1.86. The molecule has 0 bridgehead atoms. The molecule has 0 saturated carbocycles. The molecule has 0 amide bonds. The van der Waals surface area contributed by atoms with Crippen molar-refractivity contribution in [3.63, 3.8) is 0 Å². The quantitative estimate of drug-likeness (QED) is 0.460. The first-order valence-corrected chi connectivity index (χ1v) is 5.88. The van der Waals surface area contributed by atoms with Crippen molar-refractivity contribution in [2.45, 2.75) is 19.4 Å². The smallest absolute Gasteiger partial charge is 0.249 e. The first-order chi connectivity index (χ1) is 4.31. The van der Waals surface area contributed by atoms with E-state index in [2.05, 4.69) is 12.6 Å². The number of hydrogen-bond acceptors (Lipinski definition) is 3. The Morgan fingerprint density at radius 1 is 1.67 bits per heavy atom. The molecule has 2 nitrogen and oxygen atoms in total. The van der Waals surface area contributed by atoms with Gasteiger partial charge in [-0.2, -0.15) is 12.6 Å². The van der Waals surface area contributed by atoms with Gasteiger partial charge in [-0.15, -0.1) is 0 Å². The monoisotopic (exact) mass is 165 g/mol. The van der Waals surface area contributed by atoms with E-state index in [9.17, 15) is 0 Å². The van der Waals surface area contributed by atoms with E-state index in [4.69, 9.17) is 9.83 Å². The van der Waals surface area contributed by atoms with Crippen molar-refractivity contribution >= 4 is 21.8 Å². The summed E-state index contributed by atoms with van der Waals surface area (Å²) in [5.41, 5.74) is 0. The Labute approximate surface area is 64.0 Å². The van der Waals surface area contributed by atoms with Crippen LogP contribution >= 0.6 is 12.6 Å². The lowest BCUT2D eigenvalue weighted by molar-refractivity contribution is 0.342. The first kappa shape index (κ1) is 9.49. The van der Waals surface area contributed by atoms with Crippen LogP contribution in [-0.2, 0) is 4.43 Å². The molecule has 0 heterocycles. The van der Waals surface area contributed by atoms with E-state index >= 15 is 0 Å². The van der Waals surface area contributed by atoms with Crippen molar-refractivity contribution < 1.29 is 4.43 Å². The zero-order chi connectivity index (χ0) is 7.11. The number of thiol groups is 1. The molecule has 0 rings (SSSR count). The van der Waals surface area contributed by atoms with Crippen LogP contribution in [0.4, 0.5) is 0 Å². The third-order valence-electron chi connectivity index (χ3n) is 1.03. The number of rotatable bonds is 5. The van der Waals surface area contributed by atoms with Crippen molar-refractivity contribution in [3.05, 3.63) is 0 Å². The molecule has 0 saturated heterocycles. The summed E-state index contributed by atoms with van der Waals surface area (Å²) < 4.78 is 5.23. The van der Waals surface area contributed by atoms with Gasteiger partial charge in [0.2, 0.25) is 9.20 Å². The van der Waals surface area contributed by atoms with Gasteiger partial charge in [0, 0.05) is 6.61 Å². The highest BCUT2D eigenvalue weighted by Gasteiger charge is 2.01. The fraction of sp³-hybridized carbons (Fsp3) is 1.00. The van der Waals surface area contributed by atoms with Crippen LogP contribution in [-0.4, -0.2) is 21.6 Å². The summed E-state index contributed by atoms with van der Waals surface area (Å²) in [6.45, 7) is 2.74. The van der Waals surface area contributed by atoms with Gasteiger partial charge in [0.15, 0.2) is 0 Å². The lowest BCUT2D eigenvalue weighted by atomic mass is 10.6. The molecule has 0 aromatic heterocycles. The highest BCUT2D eigenvalue weighted by atomic mass is 32.1. The molecule has 0 radical (unpaired) electrons. The van der Waals surface area contributed by atoms with E-state index in [1.54, 1.807) is 0 Å². The predicted molar refractivity (Wildman–Crippen MR) is 46.2 cm³/mol. The second kappa shape index (κ2) is 6.60. The van der Waals surface area contributed by atoms with Gasteiger partial charge in [-0.3, -0.25) is 0 Å². The largest absolute Gasteiger partial charge is 0.406 e. The third kappa shape index (κ3) is 6.37. The summed E-state index contributed by atoms with van der Waals surface area (Å²) in [6.07, 6.45) is 1.09. The van der Waals surface area contributed by atoms with Crippen LogP contribution in [0.1, 0.15) is 13.3 Å². The lowest BCUT2D eigenvalue weighted by Gasteiger charge is -2.06. The van der Waals surface area contributed by atoms with Gasteiger partial charge in [0.25, 0.3) is 0 Å². The summed E-state index contributed by atoms with van der Waals surface area (Å²) in [4.78, 5) is 0. The molecule has 1 atom stereocenters. The molecule has 56 valence electrons. The van der Waals surface area contributed by atoms with Gasteiger partial charge in [-0.25, -0.2) is 0 Å². The molecular weight excluding hydrogens is 150 g/mol. The lowest BCUT2D eigenvalue weighted by Crippen LogP contribution is -2.29. The van der Waals surface area contributed by atoms with Gasteiger partial charge in [0.05, 0.1) is 0 Å². The Morgan fingerprint density at radius 2 is 2.33 bits per heavy atom. The maximum Gasteiger partial charge on any atom is 0.249 e. The summed E-state index contributed by atoms with van der Waals surface area (Å²) in [5, 5.41) is 5.65. The Kier molecular flexibility index (Phi) is 6.96. The fourth-order valence-corrected chi connectivity index (χ4v) is 2.32. The highest BCUT2D eigenvalue weighted by Crippen LogP contribution is 1.95. The average molecular weight is 165 g/mol. The summed E-state index contributed by atoms with van der Waals surface area (Å²) in [5.74, 6) is 0.924. The third-order valence-corrected chi connectivity index (χ3v) is 3.08. The Balaban J connectivity index is 2.95. The van der Waals surface area contributed by atoms with E-state index < -0.39 is 9.20 Å². The van der Waals surface area contributed by atoms with Crippen molar-refractivity contribution in [3.8, 4) is 0 Å². The molecule has 0 aromatic rings. The Morgan fingerprint density at radius 3 is 2.78 bits per heavy atom. The van der Waals surface area contributed by atoms with Crippen LogP contribution in [0.3, 0.4) is 0 Å². The SMILES string of the molecule is CCO[SiH](N)CCCS. The van der Waals surface area contributed by atoms with Crippen LogP contribution in [0.2, 0.25) is 6.04 Å². The van der Waals surface area contributed by atoms with E-state index in [1.807, 2.05) is 6.92 Å². The first-order valence-electron chi connectivity index (χ1n) is 3.29. The van der Waals surface area contributed by atoms with Crippen LogP contribution in [0.25, 0.3) is 0 Å². The molecule has 1 unspecified atom stereocenters. The van der Waals surface area contributed by atoms with Gasteiger partial charge < -0.3 is 9.83 Å². The van der Waals surface area contributed by atoms with Crippen molar-refractivity contribution in [2.75, 3.05) is 12.4 Å². The van der Waals surface area contributed by atoms with E-state index in [-0.39, 0.29) is 0 Å². The van der Waals surface area contributed by atoms with Crippen LogP contribution in [0.5, 0.6) is 0 Å². The van der Waals surface area contributed by atoms with Gasteiger partial charge >= 0.3 is 0 Å². The molecule has 2 N–H and O–H groups in total. The Hall–Kier alpha value is 0.487. The Bertz CT molecular complexity index is 64.9. The van der Waals surface area contributed by atoms with Crippen molar-refractivity contribution in [2.24, 2.45) is 5.40 Å². The number of nitrogens with two attached hydrogens (primary N) is 1. The number of hydrogen-bond donors (Lipinski definition) is 2. The molecule has 0 aliphatic heterocycles. The standard InChI is InChI=1S/C5H15NOSSi/c1-2-7-9(6)5-3-4-8/h8-9H,2-6H2,1H3. The van der Waals surface area contributed by atoms with E-state index in [1.165, 1.54) is 0 Å². The summed E-state index contributed by atoms with van der Waals surface area (Å²) in [6, 6.07) is 1.05. The minimum atomic E-state index is -1.27. The molecule has 9 heavy (non-hydrogen) atoms. The van der Waals surface area contributed by atoms with Crippen LogP contribution < -0.4 is 5.40 Å². The highest BCUT2D eigenvalue weighted by molar-refractivity contribution is 7.80. The summed E-state index contributed by atoms with van der Waals surface area (Å²) >= 11 is 4.07. The maximum absolute atomic E-state index is 5.65. The molecule has 4 heteroatoms. The molecule has 0 aliphatic rings. The minimum absolute atomic E-state index is 0.764. The van der Waals surface area contributed by atoms with Gasteiger partial charge in [-0.1, -0.05) is 0 Å². The zero-order valence-corrected chi connectivity index (χ0v) is 7.89. The fourth-order valence-electron chi connectivity index (χ4n) is 0.590. The zero-order valence-electron chi connectivity index (χ0n) is 5.84. The van der Waals surface area contributed by atoms with E-state index in [0.29, 0.717) is 0 Å². The van der Waals surface area contributed by atoms with Crippen LogP contribution in [0.15, 0.2) is 0 Å². The molecule has 0 aromatic carbocycles. The van der Waals surface area contributed by atoms with Crippen molar-refractivity contribution in [1.82, 2.24) is 0 Å². The topological polar surface area (TPSA) is 35.2 Å².